The first-order chi connectivity index (χ1) is 25.8. The normalized spacial score (nSPS) is 11.8. The Morgan fingerprint density at radius 2 is 0.827 bits per heavy atom. The van der Waals surface area contributed by atoms with Gasteiger partial charge in [0.25, 0.3) is 0 Å². The second kappa shape index (κ2) is 11.2. The van der Waals surface area contributed by atoms with E-state index in [0.717, 1.165) is 72.2 Å². The van der Waals surface area contributed by atoms with Gasteiger partial charge in [0.2, 0.25) is 0 Å². The third-order valence-corrected chi connectivity index (χ3v) is 10.4. The maximum absolute atomic E-state index is 6.35. The number of fused-ring (bicyclic) bond motifs is 9. The second-order valence-electron chi connectivity index (χ2n) is 13.4. The minimum Gasteiger partial charge on any atom is -0.456 e. The lowest BCUT2D eigenvalue weighted by molar-refractivity contribution is 0.669. The Balaban J connectivity index is 1.04. The summed E-state index contributed by atoms with van der Waals surface area (Å²) in [5.41, 5.74) is 12.4. The van der Waals surface area contributed by atoms with Crippen LogP contribution in [0.4, 0.5) is 17.1 Å². The molecule has 0 atom stereocenters. The molecule has 0 bridgehead atoms. The van der Waals surface area contributed by atoms with E-state index >= 15 is 0 Å². The first-order valence-electron chi connectivity index (χ1n) is 17.6. The van der Waals surface area contributed by atoms with E-state index in [1.807, 2.05) is 24.3 Å². The number of nitrogens with zero attached hydrogens (tertiary/aromatic N) is 2. The Hall–Kier alpha value is -7.04. The molecule has 0 fully saturated rings. The van der Waals surface area contributed by atoms with Crippen molar-refractivity contribution in [3.05, 3.63) is 182 Å². The topological polar surface area (TPSA) is 34.5 Å². The lowest BCUT2D eigenvalue weighted by atomic mass is 10.0. The number of aromatic nitrogens is 1. The highest BCUT2D eigenvalue weighted by atomic mass is 16.3. The van der Waals surface area contributed by atoms with Crippen molar-refractivity contribution in [1.29, 1.82) is 0 Å². The summed E-state index contributed by atoms with van der Waals surface area (Å²) in [6, 6.07) is 64.3. The lowest BCUT2D eigenvalue weighted by Crippen LogP contribution is -2.09. The van der Waals surface area contributed by atoms with E-state index in [-0.39, 0.29) is 0 Å². The van der Waals surface area contributed by atoms with Gasteiger partial charge < -0.3 is 18.3 Å². The largest absolute Gasteiger partial charge is 0.456 e. The van der Waals surface area contributed by atoms with Gasteiger partial charge in [0, 0.05) is 67.2 Å². The van der Waals surface area contributed by atoms with E-state index in [1.165, 1.54) is 27.4 Å². The predicted octanol–water partition coefficient (Wildman–Crippen LogP) is 13.7. The third kappa shape index (κ3) is 4.41. The number of furan rings is 2. The molecule has 0 N–H and O–H groups in total. The molecule has 3 heterocycles. The summed E-state index contributed by atoms with van der Waals surface area (Å²) in [6.07, 6.45) is 0. The number of benzene rings is 8. The molecule has 3 aromatic heterocycles. The van der Waals surface area contributed by atoms with Crippen LogP contribution in [0.1, 0.15) is 0 Å². The molecule has 0 aliphatic rings. The van der Waals surface area contributed by atoms with Crippen LogP contribution < -0.4 is 4.90 Å². The number of para-hydroxylation sites is 4. The second-order valence-corrected chi connectivity index (χ2v) is 13.4. The van der Waals surface area contributed by atoms with Crippen molar-refractivity contribution in [1.82, 2.24) is 4.57 Å². The smallest absolute Gasteiger partial charge is 0.137 e. The van der Waals surface area contributed by atoms with Crippen molar-refractivity contribution in [2.24, 2.45) is 0 Å². The van der Waals surface area contributed by atoms with E-state index in [1.54, 1.807) is 0 Å². The van der Waals surface area contributed by atoms with Crippen LogP contribution in [-0.2, 0) is 0 Å². The lowest BCUT2D eigenvalue weighted by Gasteiger charge is -2.25. The van der Waals surface area contributed by atoms with Gasteiger partial charge in [-0.05, 0) is 90.0 Å². The standard InChI is InChI=1S/C48H30N2O2/c1-2-10-33(11-3-1)50-43-15-7-4-12-37(43)42-28-32(20-27-44(42)50)31-18-21-34(22-19-31)49(35-23-25-40-38-13-5-8-16-45(38)51-47(40)29-35)36-24-26-41-39-14-6-9-17-46(39)52-48(41)30-36/h1-30H. The number of hydrogen-bond acceptors (Lipinski definition) is 3. The summed E-state index contributed by atoms with van der Waals surface area (Å²) in [5.74, 6) is 0. The van der Waals surface area contributed by atoms with Crippen LogP contribution in [0.25, 0.3) is 82.5 Å². The van der Waals surface area contributed by atoms with Gasteiger partial charge in [-0.25, -0.2) is 0 Å². The third-order valence-electron chi connectivity index (χ3n) is 10.4. The van der Waals surface area contributed by atoms with Crippen molar-refractivity contribution in [3.8, 4) is 16.8 Å². The molecule has 0 aliphatic heterocycles. The van der Waals surface area contributed by atoms with E-state index < -0.39 is 0 Å². The molecule has 0 saturated heterocycles. The Morgan fingerprint density at radius 1 is 0.327 bits per heavy atom. The summed E-state index contributed by atoms with van der Waals surface area (Å²) in [5, 5.41) is 6.92. The molecule has 0 radical (unpaired) electrons. The molecule has 0 unspecified atom stereocenters. The number of hydrogen-bond donors (Lipinski definition) is 0. The molecule has 8 aromatic carbocycles. The van der Waals surface area contributed by atoms with Crippen molar-refractivity contribution in [2.75, 3.05) is 4.90 Å². The maximum atomic E-state index is 6.35. The van der Waals surface area contributed by atoms with E-state index in [0.29, 0.717) is 0 Å². The SMILES string of the molecule is c1ccc(-n2c3ccccc3c3cc(-c4ccc(N(c5ccc6c(c5)oc5ccccc56)c5ccc6c(c5)oc5ccccc56)cc4)ccc32)cc1. The van der Waals surface area contributed by atoms with Crippen molar-refractivity contribution < 1.29 is 8.83 Å². The van der Waals surface area contributed by atoms with Crippen LogP contribution in [0.3, 0.4) is 0 Å². The average molecular weight is 667 g/mol. The molecule has 11 aromatic rings. The fraction of sp³-hybridized carbons (Fsp3) is 0. The first-order valence-corrected chi connectivity index (χ1v) is 17.6. The highest BCUT2D eigenvalue weighted by Gasteiger charge is 2.18. The van der Waals surface area contributed by atoms with Gasteiger partial charge in [-0.3, -0.25) is 0 Å². The van der Waals surface area contributed by atoms with Gasteiger partial charge in [-0.2, -0.15) is 0 Å². The highest BCUT2D eigenvalue weighted by Crippen LogP contribution is 2.42. The van der Waals surface area contributed by atoms with E-state index in [2.05, 4.69) is 167 Å². The maximum Gasteiger partial charge on any atom is 0.137 e. The van der Waals surface area contributed by atoms with Gasteiger partial charge >= 0.3 is 0 Å². The first kappa shape index (κ1) is 28.8. The Kier molecular flexibility index (Phi) is 6.22. The summed E-state index contributed by atoms with van der Waals surface area (Å²) in [7, 11) is 0. The Bertz CT molecular complexity index is 3020. The molecule has 0 saturated carbocycles. The van der Waals surface area contributed by atoms with Crippen molar-refractivity contribution >= 4 is 82.7 Å². The molecule has 0 amide bonds. The molecule has 4 nitrogen and oxygen atoms in total. The fourth-order valence-electron chi connectivity index (χ4n) is 7.97. The van der Waals surface area contributed by atoms with E-state index in [9.17, 15) is 0 Å². The Labute approximate surface area is 299 Å². The zero-order valence-electron chi connectivity index (χ0n) is 28.0. The summed E-state index contributed by atoms with van der Waals surface area (Å²) < 4.78 is 15.1. The predicted molar refractivity (Wildman–Crippen MR) is 215 cm³/mol. The van der Waals surface area contributed by atoms with Crippen LogP contribution in [0, 0.1) is 0 Å². The summed E-state index contributed by atoms with van der Waals surface area (Å²) in [4.78, 5) is 2.28. The van der Waals surface area contributed by atoms with Crippen molar-refractivity contribution in [2.45, 2.75) is 0 Å². The summed E-state index contributed by atoms with van der Waals surface area (Å²) >= 11 is 0. The van der Waals surface area contributed by atoms with Crippen molar-refractivity contribution in [3.63, 3.8) is 0 Å². The van der Waals surface area contributed by atoms with Crippen LogP contribution in [0.5, 0.6) is 0 Å². The van der Waals surface area contributed by atoms with Crippen LogP contribution in [-0.4, -0.2) is 4.57 Å². The monoisotopic (exact) mass is 666 g/mol. The number of rotatable bonds is 5. The molecular weight excluding hydrogens is 637 g/mol. The molecule has 11 rings (SSSR count). The quantitative estimate of drug-likeness (QED) is 0.183. The minimum atomic E-state index is 0.855. The van der Waals surface area contributed by atoms with Crippen LogP contribution >= 0.6 is 0 Å². The molecule has 52 heavy (non-hydrogen) atoms. The fourth-order valence-corrected chi connectivity index (χ4v) is 7.97. The van der Waals surface area contributed by atoms with Gasteiger partial charge in [0.1, 0.15) is 22.3 Å². The van der Waals surface area contributed by atoms with Crippen LogP contribution in [0.15, 0.2) is 191 Å². The molecule has 0 aliphatic carbocycles. The molecular formula is C48H30N2O2. The van der Waals surface area contributed by atoms with Gasteiger partial charge in [-0.1, -0.05) is 91.0 Å². The molecule has 0 spiro atoms. The minimum absolute atomic E-state index is 0.855. The average Bonchev–Trinajstić information content (AvgIpc) is 3.87. The zero-order valence-corrected chi connectivity index (χ0v) is 28.0. The van der Waals surface area contributed by atoms with Gasteiger partial charge in [0.05, 0.1) is 11.0 Å². The van der Waals surface area contributed by atoms with E-state index in [4.69, 9.17) is 8.83 Å². The highest BCUT2D eigenvalue weighted by molar-refractivity contribution is 6.11. The molecule has 4 heteroatoms. The van der Waals surface area contributed by atoms with Crippen LogP contribution in [0.2, 0.25) is 0 Å². The molecule has 244 valence electrons. The number of anilines is 3. The Morgan fingerprint density at radius 3 is 1.48 bits per heavy atom. The van der Waals surface area contributed by atoms with Gasteiger partial charge in [-0.15, -0.1) is 0 Å². The summed E-state index contributed by atoms with van der Waals surface area (Å²) in [6.45, 7) is 0. The zero-order chi connectivity index (χ0) is 34.2. The van der Waals surface area contributed by atoms with Gasteiger partial charge in [0.15, 0.2) is 0 Å².